The topological polar surface area (TPSA) is 63.1 Å². The van der Waals surface area contributed by atoms with Gasteiger partial charge in [0.25, 0.3) is 0 Å². The average molecular weight is 324 g/mol. The van der Waals surface area contributed by atoms with Crippen molar-refractivity contribution in [2.45, 2.75) is 19.8 Å². The molecule has 23 heavy (non-hydrogen) atoms. The van der Waals surface area contributed by atoms with Gasteiger partial charge in [-0.25, -0.2) is 9.78 Å². The van der Waals surface area contributed by atoms with E-state index in [1.807, 2.05) is 19.1 Å². The zero-order valence-electron chi connectivity index (χ0n) is 12.7. The van der Waals surface area contributed by atoms with Crippen LogP contribution in [0.5, 0.6) is 0 Å². The molecular formula is C18H16N2O2S. The molecule has 0 fully saturated rings. The zero-order chi connectivity index (χ0) is 16.2. The summed E-state index contributed by atoms with van der Waals surface area (Å²) in [6, 6.07) is 12.0. The third kappa shape index (κ3) is 3.63. The number of hydrogen-bond acceptors (Lipinski definition) is 4. The standard InChI is InChI=1S/C18H16N2O2S/c1-12-4-6-13(7-5-12)8-9-15-16(18(21)22)23-17(20-15)14-3-2-10-19-11-14/h2-7,10-11H,8-9H2,1H3,(H,21,22). The van der Waals surface area contributed by atoms with E-state index >= 15 is 0 Å². The number of aromatic nitrogens is 2. The SMILES string of the molecule is Cc1ccc(CCc2nc(-c3cccnc3)sc2C(=O)O)cc1. The van der Waals surface area contributed by atoms with Gasteiger partial charge in [0.2, 0.25) is 0 Å². The van der Waals surface area contributed by atoms with Crippen LogP contribution in [0, 0.1) is 6.92 Å². The number of aryl methyl sites for hydroxylation is 3. The van der Waals surface area contributed by atoms with Crippen LogP contribution in [0.1, 0.15) is 26.5 Å². The van der Waals surface area contributed by atoms with Gasteiger partial charge in [0.05, 0.1) is 5.69 Å². The molecule has 0 saturated heterocycles. The molecule has 0 saturated carbocycles. The first-order chi connectivity index (χ1) is 11.1. The molecule has 0 aliphatic heterocycles. The summed E-state index contributed by atoms with van der Waals surface area (Å²) in [7, 11) is 0. The van der Waals surface area contributed by atoms with Crippen molar-refractivity contribution < 1.29 is 9.90 Å². The molecule has 4 nitrogen and oxygen atoms in total. The Hall–Kier alpha value is -2.53. The van der Waals surface area contributed by atoms with E-state index in [1.165, 1.54) is 22.5 Å². The molecule has 1 aromatic carbocycles. The van der Waals surface area contributed by atoms with Crippen LogP contribution in [0.15, 0.2) is 48.8 Å². The molecule has 2 aromatic heterocycles. The lowest BCUT2D eigenvalue weighted by Gasteiger charge is -2.01. The number of benzene rings is 1. The Morgan fingerprint density at radius 2 is 1.96 bits per heavy atom. The van der Waals surface area contributed by atoms with Crippen LogP contribution in [-0.2, 0) is 12.8 Å². The minimum atomic E-state index is -0.920. The van der Waals surface area contributed by atoms with E-state index in [-0.39, 0.29) is 0 Å². The molecule has 0 unspecified atom stereocenters. The lowest BCUT2D eigenvalue weighted by Crippen LogP contribution is -2.01. The molecular weight excluding hydrogens is 308 g/mol. The molecule has 0 amide bonds. The fourth-order valence-electron chi connectivity index (χ4n) is 2.32. The van der Waals surface area contributed by atoms with Crippen molar-refractivity contribution in [3.63, 3.8) is 0 Å². The summed E-state index contributed by atoms with van der Waals surface area (Å²) in [5.74, 6) is -0.920. The van der Waals surface area contributed by atoms with Crippen LogP contribution in [0.4, 0.5) is 0 Å². The lowest BCUT2D eigenvalue weighted by molar-refractivity contribution is 0.0700. The second-order valence-corrected chi connectivity index (χ2v) is 6.33. The number of carboxylic acid groups (broad SMARTS) is 1. The van der Waals surface area contributed by atoms with E-state index in [0.717, 1.165) is 12.0 Å². The van der Waals surface area contributed by atoms with Gasteiger partial charge < -0.3 is 5.11 Å². The number of nitrogens with zero attached hydrogens (tertiary/aromatic N) is 2. The van der Waals surface area contributed by atoms with Gasteiger partial charge in [0.15, 0.2) is 0 Å². The fraction of sp³-hybridized carbons (Fsp3) is 0.167. The first kappa shape index (κ1) is 15.4. The summed E-state index contributed by atoms with van der Waals surface area (Å²) in [5.41, 5.74) is 3.89. The Morgan fingerprint density at radius 3 is 2.61 bits per heavy atom. The van der Waals surface area contributed by atoms with Crippen molar-refractivity contribution in [3.8, 4) is 10.6 Å². The Labute approximate surface area is 138 Å². The zero-order valence-corrected chi connectivity index (χ0v) is 13.5. The second kappa shape index (κ2) is 6.71. The maximum absolute atomic E-state index is 11.5. The minimum Gasteiger partial charge on any atom is -0.477 e. The molecule has 0 aliphatic rings. The largest absolute Gasteiger partial charge is 0.477 e. The molecule has 1 N–H and O–H groups in total. The van der Waals surface area contributed by atoms with Crippen LogP contribution in [-0.4, -0.2) is 21.0 Å². The Bertz CT molecular complexity index is 811. The number of carboxylic acids is 1. The summed E-state index contributed by atoms with van der Waals surface area (Å²) >= 11 is 1.21. The van der Waals surface area contributed by atoms with Crippen molar-refractivity contribution in [3.05, 3.63) is 70.5 Å². The first-order valence-electron chi connectivity index (χ1n) is 7.32. The van der Waals surface area contributed by atoms with Gasteiger partial charge in [0, 0.05) is 18.0 Å². The molecule has 3 rings (SSSR count). The van der Waals surface area contributed by atoms with E-state index in [2.05, 4.69) is 34.2 Å². The van der Waals surface area contributed by atoms with Gasteiger partial charge in [-0.1, -0.05) is 29.8 Å². The van der Waals surface area contributed by atoms with Crippen molar-refractivity contribution in [2.24, 2.45) is 0 Å². The Kier molecular flexibility index (Phi) is 4.48. The summed E-state index contributed by atoms with van der Waals surface area (Å²) in [6.07, 6.45) is 4.78. The Morgan fingerprint density at radius 1 is 1.17 bits per heavy atom. The molecule has 5 heteroatoms. The molecule has 0 atom stereocenters. The summed E-state index contributed by atoms with van der Waals surface area (Å²) in [5, 5.41) is 10.1. The monoisotopic (exact) mass is 324 g/mol. The van der Waals surface area contributed by atoms with Gasteiger partial charge in [0.1, 0.15) is 9.88 Å². The Balaban J connectivity index is 1.84. The molecule has 0 aliphatic carbocycles. The van der Waals surface area contributed by atoms with E-state index in [4.69, 9.17) is 0 Å². The molecule has 3 aromatic rings. The summed E-state index contributed by atoms with van der Waals surface area (Å²) in [6.45, 7) is 2.05. The number of carbonyl (C=O) groups is 1. The lowest BCUT2D eigenvalue weighted by atomic mass is 10.1. The predicted octanol–water partition coefficient (Wildman–Crippen LogP) is 4.00. The quantitative estimate of drug-likeness (QED) is 0.770. The van der Waals surface area contributed by atoms with Crippen LogP contribution in [0.2, 0.25) is 0 Å². The first-order valence-corrected chi connectivity index (χ1v) is 8.14. The minimum absolute atomic E-state index is 0.316. The number of aromatic carboxylic acids is 1. The van der Waals surface area contributed by atoms with Gasteiger partial charge in [-0.05, 0) is 37.5 Å². The maximum Gasteiger partial charge on any atom is 0.347 e. The molecule has 0 spiro atoms. The number of hydrogen-bond donors (Lipinski definition) is 1. The third-order valence-corrected chi connectivity index (χ3v) is 4.71. The van der Waals surface area contributed by atoms with Gasteiger partial charge in [-0.3, -0.25) is 4.98 Å². The average Bonchev–Trinajstić information content (AvgIpc) is 3.00. The van der Waals surface area contributed by atoms with E-state index in [0.29, 0.717) is 22.0 Å². The van der Waals surface area contributed by atoms with E-state index < -0.39 is 5.97 Å². The van der Waals surface area contributed by atoms with Crippen molar-refractivity contribution in [1.29, 1.82) is 0 Å². The van der Waals surface area contributed by atoms with E-state index in [9.17, 15) is 9.90 Å². The van der Waals surface area contributed by atoms with Gasteiger partial charge >= 0.3 is 5.97 Å². The molecule has 2 heterocycles. The third-order valence-electron chi connectivity index (χ3n) is 3.57. The molecule has 116 valence electrons. The van der Waals surface area contributed by atoms with E-state index in [1.54, 1.807) is 12.4 Å². The van der Waals surface area contributed by atoms with Crippen molar-refractivity contribution >= 4 is 17.3 Å². The van der Waals surface area contributed by atoms with Gasteiger partial charge in [-0.2, -0.15) is 0 Å². The number of pyridine rings is 1. The highest BCUT2D eigenvalue weighted by Crippen LogP contribution is 2.28. The maximum atomic E-state index is 11.5. The molecule has 0 radical (unpaired) electrons. The van der Waals surface area contributed by atoms with Crippen LogP contribution < -0.4 is 0 Å². The fourth-order valence-corrected chi connectivity index (χ4v) is 3.26. The van der Waals surface area contributed by atoms with Crippen molar-refractivity contribution in [2.75, 3.05) is 0 Å². The highest BCUT2D eigenvalue weighted by molar-refractivity contribution is 7.17. The summed E-state index contributed by atoms with van der Waals surface area (Å²) < 4.78 is 0. The van der Waals surface area contributed by atoms with Crippen molar-refractivity contribution in [1.82, 2.24) is 9.97 Å². The second-order valence-electron chi connectivity index (χ2n) is 5.33. The van der Waals surface area contributed by atoms with Crippen LogP contribution in [0.25, 0.3) is 10.6 Å². The smallest absolute Gasteiger partial charge is 0.347 e. The normalized spacial score (nSPS) is 10.7. The summed E-state index contributed by atoms with van der Waals surface area (Å²) in [4.78, 5) is 20.4. The predicted molar refractivity (Wildman–Crippen MR) is 90.9 cm³/mol. The molecule has 0 bridgehead atoms. The highest BCUT2D eigenvalue weighted by atomic mass is 32.1. The highest BCUT2D eigenvalue weighted by Gasteiger charge is 2.18. The number of rotatable bonds is 5. The van der Waals surface area contributed by atoms with Crippen LogP contribution >= 0.6 is 11.3 Å². The number of thiazole rings is 1. The van der Waals surface area contributed by atoms with Gasteiger partial charge in [-0.15, -0.1) is 11.3 Å². The van der Waals surface area contributed by atoms with Crippen LogP contribution in [0.3, 0.4) is 0 Å².